The summed E-state index contributed by atoms with van der Waals surface area (Å²) in [7, 11) is 0. The van der Waals surface area contributed by atoms with Gasteiger partial charge in [-0.1, -0.05) is 0 Å². The first-order valence-electron chi connectivity index (χ1n) is 5.15. The van der Waals surface area contributed by atoms with Gasteiger partial charge in [0.2, 0.25) is 0 Å². The summed E-state index contributed by atoms with van der Waals surface area (Å²) in [6.45, 7) is 1.78. The second kappa shape index (κ2) is 4.69. The molecule has 0 unspecified atom stereocenters. The fourth-order valence-corrected chi connectivity index (χ4v) is 3.93. The number of hydrogen-bond acceptors (Lipinski definition) is 4. The maximum atomic E-state index is 10.9. The monoisotopic (exact) mass is 285 g/mol. The normalized spacial score (nSPS) is 15.8. The van der Waals surface area contributed by atoms with Crippen LogP contribution in [0.2, 0.25) is 0 Å². The SMILES string of the molecule is N#Cc1cc([N+](=O)[O-])c(N2CCCCC2)[se]1. The summed E-state index contributed by atoms with van der Waals surface area (Å²) in [5.74, 6) is 0. The van der Waals surface area contributed by atoms with Crippen molar-refractivity contribution in [2.24, 2.45) is 0 Å². The Balaban J connectivity index is 2.34. The number of piperidine rings is 1. The molecule has 1 aliphatic heterocycles. The molecule has 0 bridgehead atoms. The molecule has 0 aliphatic carbocycles. The molecule has 2 heterocycles. The van der Waals surface area contributed by atoms with E-state index >= 15 is 0 Å². The second-order valence-electron chi connectivity index (χ2n) is 3.72. The van der Waals surface area contributed by atoms with Crippen LogP contribution < -0.4 is 4.90 Å². The Hall–Kier alpha value is -1.31. The number of hydrogen-bond donors (Lipinski definition) is 0. The van der Waals surface area contributed by atoms with Gasteiger partial charge in [-0.05, 0) is 0 Å². The molecule has 6 heteroatoms. The maximum absolute atomic E-state index is 10.9. The molecule has 2 rings (SSSR count). The van der Waals surface area contributed by atoms with Crippen LogP contribution in [0.25, 0.3) is 0 Å². The predicted molar refractivity (Wildman–Crippen MR) is 60.8 cm³/mol. The van der Waals surface area contributed by atoms with Crippen LogP contribution in [0, 0.1) is 21.4 Å². The first-order valence-corrected chi connectivity index (χ1v) is 6.87. The van der Waals surface area contributed by atoms with Crippen molar-refractivity contribution in [1.82, 2.24) is 0 Å². The molecule has 0 amide bonds. The molecule has 84 valence electrons. The van der Waals surface area contributed by atoms with Gasteiger partial charge in [-0.25, -0.2) is 0 Å². The van der Waals surface area contributed by atoms with E-state index in [0.29, 0.717) is 4.44 Å². The third kappa shape index (κ3) is 2.11. The van der Waals surface area contributed by atoms with Crippen molar-refractivity contribution >= 4 is 24.8 Å². The predicted octanol–water partition coefficient (Wildman–Crippen LogP) is 1.51. The van der Waals surface area contributed by atoms with E-state index in [4.69, 9.17) is 5.26 Å². The number of nitriles is 1. The van der Waals surface area contributed by atoms with Crippen molar-refractivity contribution in [2.75, 3.05) is 18.0 Å². The summed E-state index contributed by atoms with van der Waals surface area (Å²) >= 11 is -0.172. The van der Waals surface area contributed by atoms with Gasteiger partial charge in [-0.2, -0.15) is 0 Å². The fraction of sp³-hybridized carbons (Fsp3) is 0.500. The average Bonchev–Trinajstić information content (AvgIpc) is 2.74. The van der Waals surface area contributed by atoms with E-state index in [1.54, 1.807) is 0 Å². The van der Waals surface area contributed by atoms with Crippen molar-refractivity contribution < 1.29 is 4.92 Å². The molecule has 1 aromatic heterocycles. The number of anilines is 1. The summed E-state index contributed by atoms with van der Waals surface area (Å²) < 4.78 is 1.34. The van der Waals surface area contributed by atoms with E-state index < -0.39 is 0 Å². The molecule has 0 atom stereocenters. The topological polar surface area (TPSA) is 70.2 Å². The standard InChI is InChI=1S/C10H11N3O2Se/c11-7-8-6-9(13(14)15)10(16-8)12-4-2-1-3-5-12/h6H,1-5H2. The van der Waals surface area contributed by atoms with Gasteiger partial charge in [0.1, 0.15) is 0 Å². The Morgan fingerprint density at radius 2 is 2.12 bits per heavy atom. The third-order valence-corrected chi connectivity index (χ3v) is 4.93. The summed E-state index contributed by atoms with van der Waals surface area (Å²) in [6.07, 6.45) is 3.38. The first kappa shape index (κ1) is 11.2. The quantitative estimate of drug-likeness (QED) is 0.469. The Morgan fingerprint density at radius 3 is 2.69 bits per heavy atom. The van der Waals surface area contributed by atoms with Crippen LogP contribution in [-0.2, 0) is 0 Å². The summed E-state index contributed by atoms with van der Waals surface area (Å²) in [4.78, 5) is 12.6. The van der Waals surface area contributed by atoms with Gasteiger partial charge in [0.25, 0.3) is 0 Å². The van der Waals surface area contributed by atoms with Gasteiger partial charge in [0.15, 0.2) is 0 Å². The number of nitro groups is 1. The zero-order valence-electron chi connectivity index (χ0n) is 8.68. The Labute approximate surface area is 99.2 Å². The van der Waals surface area contributed by atoms with Gasteiger partial charge < -0.3 is 0 Å². The summed E-state index contributed by atoms with van der Waals surface area (Å²) in [5.41, 5.74) is 0.137. The van der Waals surface area contributed by atoms with Crippen molar-refractivity contribution in [3.05, 3.63) is 20.6 Å². The molecule has 0 saturated carbocycles. The van der Waals surface area contributed by atoms with Crippen molar-refractivity contribution in [3.8, 4) is 6.07 Å². The Kier molecular flexibility index (Phi) is 3.28. The molecule has 0 spiro atoms. The first-order chi connectivity index (χ1) is 7.72. The van der Waals surface area contributed by atoms with Crippen LogP contribution >= 0.6 is 0 Å². The van der Waals surface area contributed by atoms with E-state index in [0.717, 1.165) is 30.5 Å². The molecule has 0 radical (unpaired) electrons. The molecular formula is C10H11N3O2Se. The van der Waals surface area contributed by atoms with E-state index in [1.165, 1.54) is 12.5 Å². The third-order valence-electron chi connectivity index (χ3n) is 2.64. The van der Waals surface area contributed by atoms with Gasteiger partial charge in [0.05, 0.1) is 0 Å². The second-order valence-corrected chi connectivity index (χ2v) is 5.88. The average molecular weight is 284 g/mol. The molecule has 16 heavy (non-hydrogen) atoms. The van der Waals surface area contributed by atoms with E-state index in [1.807, 2.05) is 6.07 Å². The summed E-state index contributed by atoms with van der Waals surface area (Å²) in [5, 5.41) is 19.7. The van der Waals surface area contributed by atoms with Gasteiger partial charge in [-0.3, -0.25) is 0 Å². The van der Waals surface area contributed by atoms with E-state index in [2.05, 4.69) is 4.90 Å². The van der Waals surface area contributed by atoms with Gasteiger partial charge >= 0.3 is 98.9 Å². The zero-order valence-corrected chi connectivity index (χ0v) is 10.4. The van der Waals surface area contributed by atoms with Crippen LogP contribution in [0.3, 0.4) is 0 Å². The molecule has 5 nitrogen and oxygen atoms in total. The number of nitrogens with zero attached hydrogens (tertiary/aromatic N) is 3. The molecule has 0 aromatic carbocycles. The van der Waals surface area contributed by atoms with Gasteiger partial charge in [0, 0.05) is 0 Å². The summed E-state index contributed by atoms with van der Waals surface area (Å²) in [6, 6.07) is 3.47. The molecule has 1 aromatic rings. The van der Waals surface area contributed by atoms with Crippen LogP contribution in [0.1, 0.15) is 23.7 Å². The van der Waals surface area contributed by atoms with Crippen LogP contribution in [0.4, 0.5) is 10.2 Å². The fourth-order valence-electron chi connectivity index (χ4n) is 1.88. The Bertz CT molecular complexity index is 443. The minimum absolute atomic E-state index is 0.137. The van der Waals surface area contributed by atoms with Crippen LogP contribution in [0.15, 0.2) is 6.07 Å². The zero-order chi connectivity index (χ0) is 11.5. The van der Waals surface area contributed by atoms with Gasteiger partial charge in [-0.15, -0.1) is 0 Å². The molecule has 0 N–H and O–H groups in total. The molecule has 1 aliphatic rings. The number of rotatable bonds is 2. The van der Waals surface area contributed by atoms with E-state index in [9.17, 15) is 10.1 Å². The van der Waals surface area contributed by atoms with Crippen molar-refractivity contribution in [3.63, 3.8) is 0 Å². The van der Waals surface area contributed by atoms with E-state index in [-0.39, 0.29) is 25.1 Å². The van der Waals surface area contributed by atoms with Crippen LogP contribution in [-0.4, -0.2) is 32.5 Å². The van der Waals surface area contributed by atoms with Crippen molar-refractivity contribution in [1.29, 1.82) is 5.26 Å². The molecule has 1 saturated heterocycles. The molecule has 1 fully saturated rings. The molecular weight excluding hydrogens is 273 g/mol. The minimum atomic E-state index is -0.365. The van der Waals surface area contributed by atoms with Crippen LogP contribution in [0.5, 0.6) is 0 Å². The van der Waals surface area contributed by atoms with Crippen molar-refractivity contribution in [2.45, 2.75) is 19.3 Å². The Morgan fingerprint density at radius 1 is 1.44 bits per heavy atom.